The summed E-state index contributed by atoms with van der Waals surface area (Å²) in [7, 11) is -3.54. The topological polar surface area (TPSA) is 77.9 Å². The first kappa shape index (κ1) is 16.7. The molecule has 0 bridgehead atoms. The average Bonchev–Trinajstić information content (AvgIpc) is 2.37. The van der Waals surface area contributed by atoms with Crippen LogP contribution in [0, 0.1) is 11.8 Å². The summed E-state index contributed by atoms with van der Waals surface area (Å²) in [6, 6.07) is -0.395. The van der Waals surface area contributed by atoms with Crippen molar-refractivity contribution in [1.29, 1.82) is 0 Å². The van der Waals surface area contributed by atoms with Crippen molar-refractivity contribution < 1.29 is 18.3 Å². The van der Waals surface area contributed by atoms with Crippen molar-refractivity contribution >= 4 is 16.2 Å². The largest absolute Gasteiger partial charge is 0.481 e. The normalized spacial score (nSPS) is 33.0. The molecule has 0 aromatic heterocycles. The lowest BCUT2D eigenvalue weighted by Crippen LogP contribution is -2.54. The van der Waals surface area contributed by atoms with E-state index in [1.165, 1.54) is 4.31 Å². The van der Waals surface area contributed by atoms with Gasteiger partial charge in [-0.1, -0.05) is 20.3 Å². The second-order valence-electron chi connectivity index (χ2n) is 6.63. The van der Waals surface area contributed by atoms with Gasteiger partial charge in [0.1, 0.15) is 0 Å². The molecule has 2 saturated heterocycles. The van der Waals surface area contributed by atoms with Gasteiger partial charge in [0, 0.05) is 25.7 Å². The SMILES string of the molecule is CC1CC(C)CN(S(=O)(=O)N2CCCCC2CC(=O)O)C1. The Morgan fingerprint density at radius 2 is 1.81 bits per heavy atom. The molecule has 0 aliphatic carbocycles. The maximum atomic E-state index is 12.9. The minimum atomic E-state index is -3.54. The highest BCUT2D eigenvalue weighted by molar-refractivity contribution is 7.86. The molecule has 122 valence electrons. The Kier molecular flexibility index (Phi) is 5.27. The third kappa shape index (κ3) is 3.96. The number of rotatable bonds is 4. The zero-order valence-corrected chi connectivity index (χ0v) is 13.7. The summed E-state index contributed by atoms with van der Waals surface area (Å²) in [4.78, 5) is 11.0. The third-order valence-corrected chi connectivity index (χ3v) is 6.47. The van der Waals surface area contributed by atoms with E-state index in [1.54, 1.807) is 4.31 Å². The number of carboxylic acid groups (broad SMARTS) is 1. The molecule has 2 fully saturated rings. The highest BCUT2D eigenvalue weighted by atomic mass is 32.2. The number of hydrogen-bond acceptors (Lipinski definition) is 3. The average molecular weight is 318 g/mol. The Morgan fingerprint density at radius 1 is 1.19 bits per heavy atom. The molecule has 6 nitrogen and oxygen atoms in total. The van der Waals surface area contributed by atoms with Crippen molar-refractivity contribution in [2.75, 3.05) is 19.6 Å². The van der Waals surface area contributed by atoms with Crippen LogP contribution in [0.25, 0.3) is 0 Å². The predicted octanol–water partition coefficient (Wildman–Crippen LogP) is 1.54. The molecule has 3 unspecified atom stereocenters. The van der Waals surface area contributed by atoms with Crippen LogP contribution in [0.5, 0.6) is 0 Å². The molecule has 21 heavy (non-hydrogen) atoms. The van der Waals surface area contributed by atoms with Crippen LogP contribution in [0.15, 0.2) is 0 Å². The fraction of sp³-hybridized carbons (Fsp3) is 0.929. The van der Waals surface area contributed by atoms with E-state index in [0.29, 0.717) is 37.9 Å². The van der Waals surface area contributed by atoms with Crippen molar-refractivity contribution in [2.45, 2.75) is 52.0 Å². The number of piperidine rings is 2. The highest BCUT2D eigenvalue weighted by Crippen LogP contribution is 2.29. The van der Waals surface area contributed by atoms with Crippen LogP contribution in [0.2, 0.25) is 0 Å². The first-order valence-corrected chi connectivity index (χ1v) is 9.19. The second-order valence-corrected chi connectivity index (χ2v) is 8.51. The Bertz CT molecular complexity index is 469. The molecule has 2 aliphatic heterocycles. The van der Waals surface area contributed by atoms with Crippen LogP contribution in [0.3, 0.4) is 0 Å². The second kappa shape index (κ2) is 6.62. The summed E-state index contributed by atoms with van der Waals surface area (Å²) in [5.41, 5.74) is 0. The van der Waals surface area contributed by atoms with Gasteiger partial charge < -0.3 is 5.11 Å². The molecule has 1 N–H and O–H groups in total. The van der Waals surface area contributed by atoms with E-state index in [0.717, 1.165) is 19.3 Å². The Morgan fingerprint density at radius 3 is 2.38 bits per heavy atom. The van der Waals surface area contributed by atoms with E-state index >= 15 is 0 Å². The lowest BCUT2D eigenvalue weighted by molar-refractivity contribution is -0.138. The summed E-state index contributed by atoms with van der Waals surface area (Å²) in [5, 5.41) is 9.01. The standard InChI is InChI=1S/C14H26N2O4S/c1-11-7-12(2)10-15(9-11)21(19,20)16-6-4-3-5-13(16)8-14(17)18/h11-13H,3-10H2,1-2H3,(H,17,18). The van der Waals surface area contributed by atoms with Gasteiger partial charge in [0.2, 0.25) is 0 Å². The smallest absolute Gasteiger partial charge is 0.304 e. The van der Waals surface area contributed by atoms with E-state index in [4.69, 9.17) is 5.11 Å². The minimum Gasteiger partial charge on any atom is -0.481 e. The molecule has 0 amide bonds. The fourth-order valence-corrected chi connectivity index (χ4v) is 5.72. The van der Waals surface area contributed by atoms with Crippen molar-refractivity contribution in [2.24, 2.45) is 11.8 Å². The summed E-state index contributed by atoms with van der Waals surface area (Å²) in [6.45, 7) is 5.68. The minimum absolute atomic E-state index is 0.0990. The fourth-order valence-electron chi connectivity index (χ4n) is 3.63. The van der Waals surface area contributed by atoms with Gasteiger partial charge in [0.25, 0.3) is 10.2 Å². The summed E-state index contributed by atoms with van der Waals surface area (Å²) in [5.74, 6) is -0.222. The van der Waals surface area contributed by atoms with Crippen LogP contribution in [-0.2, 0) is 15.0 Å². The van der Waals surface area contributed by atoms with Gasteiger partial charge in [0.15, 0.2) is 0 Å². The lowest BCUT2D eigenvalue weighted by Gasteiger charge is -2.41. The van der Waals surface area contributed by atoms with E-state index in [-0.39, 0.29) is 6.42 Å². The number of aliphatic carboxylic acids is 1. The van der Waals surface area contributed by atoms with Gasteiger partial charge in [-0.2, -0.15) is 17.0 Å². The van der Waals surface area contributed by atoms with Gasteiger partial charge in [-0.15, -0.1) is 0 Å². The molecular weight excluding hydrogens is 292 g/mol. The first-order valence-electron chi connectivity index (χ1n) is 7.79. The van der Waals surface area contributed by atoms with Gasteiger partial charge in [-0.05, 0) is 31.1 Å². The van der Waals surface area contributed by atoms with Gasteiger partial charge in [-0.3, -0.25) is 4.79 Å². The molecule has 0 radical (unpaired) electrons. The Labute approximate surface area is 127 Å². The molecule has 2 rings (SSSR count). The maximum Gasteiger partial charge on any atom is 0.304 e. The summed E-state index contributed by atoms with van der Waals surface area (Å²) >= 11 is 0. The number of hydrogen-bond donors (Lipinski definition) is 1. The molecule has 7 heteroatoms. The molecule has 0 saturated carbocycles. The molecule has 0 aromatic carbocycles. The molecule has 0 aromatic rings. The van der Waals surface area contributed by atoms with Crippen molar-refractivity contribution in [3.63, 3.8) is 0 Å². The zero-order chi connectivity index (χ0) is 15.6. The molecule has 0 spiro atoms. The first-order chi connectivity index (χ1) is 9.80. The van der Waals surface area contributed by atoms with E-state index in [9.17, 15) is 13.2 Å². The quantitative estimate of drug-likeness (QED) is 0.853. The highest BCUT2D eigenvalue weighted by Gasteiger charge is 2.39. The zero-order valence-electron chi connectivity index (χ0n) is 12.9. The molecule has 3 atom stereocenters. The van der Waals surface area contributed by atoms with Crippen LogP contribution < -0.4 is 0 Å². The van der Waals surface area contributed by atoms with Crippen LogP contribution in [-0.4, -0.2) is 53.8 Å². The number of carbonyl (C=O) groups is 1. The third-order valence-electron chi connectivity index (χ3n) is 4.44. The van der Waals surface area contributed by atoms with Gasteiger partial charge in [-0.25, -0.2) is 0 Å². The predicted molar refractivity (Wildman–Crippen MR) is 80.0 cm³/mol. The van der Waals surface area contributed by atoms with Gasteiger partial charge >= 0.3 is 5.97 Å². The molecular formula is C14H26N2O4S. The summed E-state index contributed by atoms with van der Waals surface area (Å²) in [6.07, 6.45) is 3.30. The van der Waals surface area contributed by atoms with Crippen LogP contribution in [0.1, 0.15) is 46.0 Å². The number of nitrogens with zero attached hydrogens (tertiary/aromatic N) is 2. The van der Waals surface area contributed by atoms with Gasteiger partial charge in [0.05, 0.1) is 6.42 Å². The van der Waals surface area contributed by atoms with E-state index < -0.39 is 22.2 Å². The lowest BCUT2D eigenvalue weighted by atomic mass is 9.94. The molecule has 2 aliphatic rings. The monoisotopic (exact) mass is 318 g/mol. The van der Waals surface area contributed by atoms with Crippen LogP contribution in [0.4, 0.5) is 0 Å². The summed E-state index contributed by atoms with van der Waals surface area (Å²) < 4.78 is 28.8. The Balaban J connectivity index is 2.17. The van der Waals surface area contributed by atoms with Crippen molar-refractivity contribution in [3.05, 3.63) is 0 Å². The molecule has 2 heterocycles. The van der Waals surface area contributed by atoms with E-state index in [1.807, 2.05) is 0 Å². The van der Waals surface area contributed by atoms with Crippen molar-refractivity contribution in [1.82, 2.24) is 8.61 Å². The van der Waals surface area contributed by atoms with Crippen LogP contribution >= 0.6 is 0 Å². The maximum absolute atomic E-state index is 12.9. The number of carboxylic acids is 1. The van der Waals surface area contributed by atoms with Crippen molar-refractivity contribution in [3.8, 4) is 0 Å². The van der Waals surface area contributed by atoms with E-state index in [2.05, 4.69) is 13.8 Å². The Hall–Kier alpha value is -0.660.